The number of nitrogens with one attached hydrogen (secondary N) is 1. The second kappa shape index (κ2) is 10.4. The van der Waals surface area contributed by atoms with E-state index in [1.54, 1.807) is 18.2 Å². The standard InChI is InChI=1S/C30H27NO7/c1-17-16-18(29(33)34)13-14-19(17)22-8-2-9-23-24(28(31-27(22)23)38-30(35)36)10-5-15-37-26-12-4-6-20-21(26)7-3-11-25(20)32/h2,4,6,8-9,12-14,16,31H,3,5,7,10-11,15H2,1H3,(H,33,34)(H,35,36). The number of hydrogen-bond donors (Lipinski definition) is 3. The zero-order chi connectivity index (χ0) is 26.8. The lowest BCUT2D eigenvalue weighted by Gasteiger charge is -2.18. The minimum Gasteiger partial charge on any atom is -0.493 e. The number of para-hydroxylation sites is 1. The molecule has 0 amide bonds. The molecule has 8 heteroatoms. The van der Waals surface area contributed by atoms with E-state index >= 15 is 0 Å². The van der Waals surface area contributed by atoms with Crippen molar-refractivity contribution in [2.75, 3.05) is 6.61 Å². The van der Waals surface area contributed by atoms with E-state index in [1.807, 2.05) is 43.3 Å². The third kappa shape index (κ3) is 4.85. The fourth-order valence-electron chi connectivity index (χ4n) is 5.21. The highest BCUT2D eigenvalue weighted by Gasteiger charge is 2.21. The minimum absolute atomic E-state index is 0.148. The van der Waals surface area contributed by atoms with Gasteiger partial charge in [0.25, 0.3) is 0 Å². The number of hydrogen-bond acceptors (Lipinski definition) is 5. The van der Waals surface area contributed by atoms with Gasteiger partial charge in [0, 0.05) is 34.1 Å². The van der Waals surface area contributed by atoms with Gasteiger partial charge >= 0.3 is 12.1 Å². The first-order valence-corrected chi connectivity index (χ1v) is 12.5. The molecule has 1 heterocycles. The van der Waals surface area contributed by atoms with E-state index in [1.165, 1.54) is 0 Å². The van der Waals surface area contributed by atoms with Crippen LogP contribution >= 0.6 is 0 Å². The van der Waals surface area contributed by atoms with Crippen LogP contribution in [-0.4, -0.2) is 39.7 Å². The molecule has 0 unspecified atom stereocenters. The maximum absolute atomic E-state index is 12.2. The molecule has 1 aliphatic carbocycles. The van der Waals surface area contributed by atoms with Crippen LogP contribution in [0.2, 0.25) is 0 Å². The van der Waals surface area contributed by atoms with Gasteiger partial charge in [-0.1, -0.05) is 36.4 Å². The Labute approximate surface area is 218 Å². The predicted octanol–water partition coefficient (Wildman–Crippen LogP) is 6.43. The summed E-state index contributed by atoms with van der Waals surface area (Å²) in [6.45, 7) is 2.23. The van der Waals surface area contributed by atoms with E-state index in [2.05, 4.69) is 4.98 Å². The number of aromatic amines is 1. The Morgan fingerprint density at radius 1 is 0.974 bits per heavy atom. The van der Waals surface area contributed by atoms with Crippen molar-refractivity contribution in [3.05, 3.63) is 82.4 Å². The number of benzene rings is 3. The van der Waals surface area contributed by atoms with Gasteiger partial charge in [-0.15, -0.1) is 0 Å². The maximum atomic E-state index is 12.2. The molecule has 38 heavy (non-hydrogen) atoms. The number of carboxylic acids is 1. The highest BCUT2D eigenvalue weighted by atomic mass is 16.7. The summed E-state index contributed by atoms with van der Waals surface area (Å²) >= 11 is 0. The van der Waals surface area contributed by atoms with Gasteiger partial charge in [-0.2, -0.15) is 0 Å². The Hall–Kier alpha value is -4.59. The molecule has 0 bridgehead atoms. The SMILES string of the molecule is Cc1cc(C(=O)O)ccc1-c1cccc2c(CCCOc3cccc4c3CCCC4=O)c(OC(=O)O)[nH]c12. The second-order valence-electron chi connectivity index (χ2n) is 9.37. The van der Waals surface area contributed by atoms with E-state index in [9.17, 15) is 24.6 Å². The predicted molar refractivity (Wildman–Crippen MR) is 142 cm³/mol. The number of aromatic nitrogens is 1. The summed E-state index contributed by atoms with van der Waals surface area (Å²) in [5.74, 6) is 0.0260. The zero-order valence-electron chi connectivity index (χ0n) is 20.9. The van der Waals surface area contributed by atoms with Crippen molar-refractivity contribution in [3.63, 3.8) is 0 Å². The number of aryl methyl sites for hydroxylation is 2. The molecule has 3 aromatic carbocycles. The van der Waals surface area contributed by atoms with Gasteiger partial charge in [0.15, 0.2) is 5.78 Å². The summed E-state index contributed by atoms with van der Waals surface area (Å²) in [5.41, 5.74) is 5.76. The number of H-pyrrole nitrogens is 1. The van der Waals surface area contributed by atoms with Crippen molar-refractivity contribution in [1.29, 1.82) is 0 Å². The first-order chi connectivity index (χ1) is 18.3. The smallest absolute Gasteiger partial charge is 0.493 e. The Bertz CT molecular complexity index is 1570. The second-order valence-corrected chi connectivity index (χ2v) is 9.37. The number of rotatable bonds is 8. The molecule has 4 aromatic rings. The van der Waals surface area contributed by atoms with E-state index in [0.29, 0.717) is 31.4 Å². The van der Waals surface area contributed by atoms with Crippen LogP contribution in [-0.2, 0) is 12.8 Å². The maximum Gasteiger partial charge on any atom is 0.512 e. The molecule has 8 nitrogen and oxygen atoms in total. The Balaban J connectivity index is 1.41. The van der Waals surface area contributed by atoms with E-state index < -0.39 is 12.1 Å². The number of carbonyl (C=O) groups is 3. The highest BCUT2D eigenvalue weighted by Crippen LogP contribution is 2.37. The monoisotopic (exact) mass is 513 g/mol. The number of Topliss-reactive ketones (excluding diaryl/α,β-unsaturated/α-hetero) is 1. The van der Waals surface area contributed by atoms with Gasteiger partial charge in [0.1, 0.15) is 5.75 Å². The molecule has 5 rings (SSSR count). The van der Waals surface area contributed by atoms with Gasteiger partial charge in [0.05, 0.1) is 17.7 Å². The molecule has 0 saturated heterocycles. The minimum atomic E-state index is -1.42. The Morgan fingerprint density at radius 2 is 1.76 bits per heavy atom. The molecule has 0 aliphatic heterocycles. The lowest BCUT2D eigenvalue weighted by molar-refractivity contribution is 0.0696. The molecule has 0 atom stereocenters. The number of ketones is 1. The van der Waals surface area contributed by atoms with Gasteiger partial charge in [-0.3, -0.25) is 4.79 Å². The van der Waals surface area contributed by atoms with Gasteiger partial charge in [-0.05, 0) is 61.9 Å². The first kappa shape index (κ1) is 25.1. The third-order valence-corrected chi connectivity index (χ3v) is 6.95. The molecule has 0 radical (unpaired) electrons. The van der Waals surface area contributed by atoms with Crippen LogP contribution in [0.3, 0.4) is 0 Å². The summed E-state index contributed by atoms with van der Waals surface area (Å²) in [6.07, 6.45) is 1.87. The van der Waals surface area contributed by atoms with Crippen LogP contribution in [0.25, 0.3) is 22.0 Å². The van der Waals surface area contributed by atoms with Crippen molar-refractivity contribution in [1.82, 2.24) is 4.98 Å². The average Bonchev–Trinajstić information content (AvgIpc) is 3.23. The summed E-state index contributed by atoms with van der Waals surface area (Å²) in [7, 11) is 0. The third-order valence-electron chi connectivity index (χ3n) is 6.95. The lowest BCUT2D eigenvalue weighted by Crippen LogP contribution is -2.13. The molecule has 1 aromatic heterocycles. The van der Waals surface area contributed by atoms with Crippen molar-refractivity contribution in [2.24, 2.45) is 0 Å². The zero-order valence-corrected chi connectivity index (χ0v) is 20.9. The summed E-state index contributed by atoms with van der Waals surface area (Å²) in [6, 6.07) is 16.2. The van der Waals surface area contributed by atoms with Crippen LogP contribution < -0.4 is 9.47 Å². The number of carbonyl (C=O) groups excluding carboxylic acids is 1. The molecule has 0 spiro atoms. The number of carboxylic acid groups (broad SMARTS) is 2. The fraction of sp³-hybridized carbons (Fsp3) is 0.233. The molecule has 1 aliphatic rings. The molecule has 3 N–H and O–H groups in total. The first-order valence-electron chi connectivity index (χ1n) is 12.5. The van der Waals surface area contributed by atoms with Crippen LogP contribution in [0.15, 0.2) is 54.6 Å². The van der Waals surface area contributed by atoms with Crippen molar-refractivity contribution >= 4 is 28.8 Å². The van der Waals surface area contributed by atoms with Gasteiger partial charge in [0.2, 0.25) is 5.88 Å². The largest absolute Gasteiger partial charge is 0.512 e. The summed E-state index contributed by atoms with van der Waals surface area (Å²) in [4.78, 5) is 38.2. The van der Waals surface area contributed by atoms with Crippen LogP contribution in [0.4, 0.5) is 4.79 Å². The molecule has 194 valence electrons. The van der Waals surface area contributed by atoms with Crippen molar-refractivity contribution < 1.29 is 34.1 Å². The topological polar surface area (TPSA) is 126 Å². The van der Waals surface area contributed by atoms with Crippen molar-refractivity contribution in [2.45, 2.75) is 39.0 Å². The van der Waals surface area contributed by atoms with Gasteiger partial charge in [-0.25, -0.2) is 9.59 Å². The molecule has 0 fully saturated rings. The quantitative estimate of drug-likeness (QED) is 0.183. The molecular weight excluding hydrogens is 486 g/mol. The number of fused-ring (bicyclic) bond motifs is 2. The summed E-state index contributed by atoms with van der Waals surface area (Å²) < 4.78 is 11.2. The van der Waals surface area contributed by atoms with Crippen LogP contribution in [0.5, 0.6) is 11.6 Å². The van der Waals surface area contributed by atoms with E-state index in [0.717, 1.165) is 57.4 Å². The fourth-order valence-corrected chi connectivity index (χ4v) is 5.21. The van der Waals surface area contributed by atoms with Crippen LogP contribution in [0.1, 0.15) is 56.7 Å². The summed E-state index contributed by atoms with van der Waals surface area (Å²) in [5, 5.41) is 19.5. The lowest BCUT2D eigenvalue weighted by atomic mass is 9.90. The molecular formula is C30H27NO7. The van der Waals surface area contributed by atoms with Crippen molar-refractivity contribution in [3.8, 4) is 22.8 Å². The number of ether oxygens (including phenoxy) is 2. The van der Waals surface area contributed by atoms with Gasteiger partial charge < -0.3 is 24.7 Å². The highest BCUT2D eigenvalue weighted by molar-refractivity contribution is 6.00. The number of aromatic carboxylic acids is 1. The Morgan fingerprint density at radius 3 is 2.53 bits per heavy atom. The van der Waals surface area contributed by atoms with E-state index in [-0.39, 0.29) is 17.2 Å². The normalized spacial score (nSPS) is 12.8. The Kier molecular flexibility index (Phi) is 6.87. The van der Waals surface area contributed by atoms with E-state index in [4.69, 9.17) is 9.47 Å². The molecule has 0 saturated carbocycles. The van der Waals surface area contributed by atoms with Crippen LogP contribution in [0, 0.1) is 6.92 Å². The average molecular weight is 514 g/mol.